The molecule has 0 aliphatic carbocycles. The van der Waals surface area contributed by atoms with Gasteiger partial charge in [0.25, 0.3) is 0 Å². The van der Waals surface area contributed by atoms with Crippen molar-refractivity contribution in [2.45, 2.75) is 13.8 Å². The molecule has 0 saturated carbocycles. The molecule has 0 fully saturated rings. The second kappa shape index (κ2) is 3.88. The van der Waals surface area contributed by atoms with E-state index in [4.69, 9.17) is 11.6 Å². The van der Waals surface area contributed by atoms with E-state index in [0.29, 0.717) is 5.56 Å². The Morgan fingerprint density at radius 1 is 1.46 bits per heavy atom. The van der Waals surface area contributed by atoms with E-state index in [1.807, 2.05) is 0 Å². The molecule has 0 unspecified atom stereocenters. The summed E-state index contributed by atoms with van der Waals surface area (Å²) < 4.78 is 13.3. The molecule has 13 heavy (non-hydrogen) atoms. The molecular formula is C10H10ClFO. The summed E-state index contributed by atoms with van der Waals surface area (Å²) in [7, 11) is 0. The molecule has 0 radical (unpaired) electrons. The molecule has 0 bridgehead atoms. The van der Waals surface area contributed by atoms with Gasteiger partial charge in [0.2, 0.25) is 0 Å². The highest BCUT2D eigenvalue weighted by molar-refractivity contribution is 6.30. The number of carbonyl (C=O) groups is 1. The van der Waals surface area contributed by atoms with Crippen molar-refractivity contribution in [3.8, 4) is 0 Å². The highest BCUT2D eigenvalue weighted by Gasteiger charge is 2.13. The molecule has 3 heteroatoms. The van der Waals surface area contributed by atoms with Crippen molar-refractivity contribution in [3.05, 3.63) is 34.6 Å². The summed E-state index contributed by atoms with van der Waals surface area (Å²) in [5, 5.41) is 0. The number of rotatable bonds is 2. The lowest BCUT2D eigenvalue weighted by molar-refractivity contribution is 0.101. The highest BCUT2D eigenvalue weighted by atomic mass is 35.5. The standard InChI is InChI=1S/C10H10ClFO/c1-6-3-7(2)10(8(12)4-6)9(13)5-11/h3-4H,5H2,1-2H3. The van der Waals surface area contributed by atoms with Gasteiger partial charge in [-0.25, -0.2) is 4.39 Å². The second-order valence-corrected chi connectivity index (χ2v) is 3.26. The maximum atomic E-state index is 13.3. The Hall–Kier alpha value is -0.890. The van der Waals surface area contributed by atoms with Crippen molar-refractivity contribution in [2.24, 2.45) is 0 Å². The van der Waals surface area contributed by atoms with Gasteiger partial charge in [-0.15, -0.1) is 11.6 Å². The Bertz CT molecular complexity index is 324. The summed E-state index contributed by atoms with van der Waals surface area (Å²) in [5.74, 6) is -1.03. The molecule has 1 nitrogen and oxygen atoms in total. The van der Waals surface area contributed by atoms with Gasteiger partial charge in [0.15, 0.2) is 5.78 Å². The number of hydrogen-bond donors (Lipinski definition) is 0. The molecule has 1 rings (SSSR count). The number of Topliss-reactive ketones (excluding diaryl/α,β-unsaturated/α-hetero) is 1. The molecule has 1 aromatic rings. The van der Waals surface area contributed by atoms with E-state index in [1.165, 1.54) is 6.07 Å². The zero-order chi connectivity index (χ0) is 10.0. The molecule has 0 saturated heterocycles. The fraction of sp³-hybridized carbons (Fsp3) is 0.300. The van der Waals surface area contributed by atoms with Crippen LogP contribution in [0.5, 0.6) is 0 Å². The summed E-state index contributed by atoms with van der Waals surface area (Å²) in [4.78, 5) is 11.2. The molecule has 0 N–H and O–H groups in total. The number of hydrogen-bond acceptors (Lipinski definition) is 1. The van der Waals surface area contributed by atoms with Crippen LogP contribution in [-0.4, -0.2) is 11.7 Å². The van der Waals surface area contributed by atoms with Crippen LogP contribution in [0.2, 0.25) is 0 Å². The average molecular weight is 201 g/mol. The van der Waals surface area contributed by atoms with E-state index in [0.717, 1.165) is 5.56 Å². The summed E-state index contributed by atoms with van der Waals surface area (Å²) in [5.41, 5.74) is 1.56. The maximum absolute atomic E-state index is 13.3. The summed E-state index contributed by atoms with van der Waals surface area (Å²) in [6, 6.07) is 3.11. The van der Waals surface area contributed by atoms with Crippen LogP contribution in [0.3, 0.4) is 0 Å². The number of aryl methyl sites for hydroxylation is 2. The number of benzene rings is 1. The highest BCUT2D eigenvalue weighted by Crippen LogP contribution is 2.16. The first-order valence-corrected chi connectivity index (χ1v) is 4.45. The number of alkyl halides is 1. The predicted molar refractivity (Wildman–Crippen MR) is 50.9 cm³/mol. The summed E-state index contributed by atoms with van der Waals surface area (Å²) >= 11 is 5.35. The van der Waals surface area contributed by atoms with Crippen molar-refractivity contribution in [1.29, 1.82) is 0 Å². The molecule has 0 heterocycles. The molecule has 0 aliphatic rings. The van der Waals surface area contributed by atoms with Crippen molar-refractivity contribution in [2.75, 3.05) is 5.88 Å². The van der Waals surface area contributed by atoms with Crippen molar-refractivity contribution < 1.29 is 9.18 Å². The Morgan fingerprint density at radius 2 is 2.08 bits per heavy atom. The largest absolute Gasteiger partial charge is 0.293 e. The molecule has 0 aromatic heterocycles. The van der Waals surface area contributed by atoms with Gasteiger partial charge < -0.3 is 0 Å². The summed E-state index contributed by atoms with van der Waals surface area (Å²) in [6.07, 6.45) is 0. The molecule has 1 aromatic carbocycles. The van der Waals surface area contributed by atoms with Crippen molar-refractivity contribution in [3.63, 3.8) is 0 Å². The monoisotopic (exact) mass is 200 g/mol. The first-order valence-electron chi connectivity index (χ1n) is 3.92. The predicted octanol–water partition coefficient (Wildman–Crippen LogP) is 2.86. The second-order valence-electron chi connectivity index (χ2n) is 3.00. The Morgan fingerprint density at radius 3 is 2.54 bits per heavy atom. The Kier molecular flexibility index (Phi) is 3.04. The Labute approximate surface area is 81.5 Å². The molecule has 0 aliphatic heterocycles. The minimum atomic E-state index is -0.483. The van der Waals surface area contributed by atoms with Crippen LogP contribution in [0.25, 0.3) is 0 Å². The van der Waals surface area contributed by atoms with E-state index in [1.54, 1.807) is 19.9 Å². The number of halogens is 2. The Balaban J connectivity index is 3.28. The van der Waals surface area contributed by atoms with Gasteiger partial charge in [-0.05, 0) is 31.0 Å². The zero-order valence-corrected chi connectivity index (χ0v) is 8.28. The minimum Gasteiger partial charge on any atom is -0.293 e. The van der Waals surface area contributed by atoms with Gasteiger partial charge in [-0.2, -0.15) is 0 Å². The van der Waals surface area contributed by atoms with Crippen LogP contribution in [0.15, 0.2) is 12.1 Å². The van der Waals surface area contributed by atoms with E-state index in [9.17, 15) is 9.18 Å². The third-order valence-electron chi connectivity index (χ3n) is 1.83. The SMILES string of the molecule is Cc1cc(C)c(C(=O)CCl)c(F)c1. The smallest absolute Gasteiger partial charge is 0.180 e. The van der Waals surface area contributed by atoms with E-state index >= 15 is 0 Å². The van der Waals surface area contributed by atoms with E-state index in [-0.39, 0.29) is 17.2 Å². The van der Waals surface area contributed by atoms with Gasteiger partial charge in [0.1, 0.15) is 5.82 Å². The van der Waals surface area contributed by atoms with Crippen molar-refractivity contribution in [1.82, 2.24) is 0 Å². The topological polar surface area (TPSA) is 17.1 Å². The third kappa shape index (κ3) is 2.07. The minimum absolute atomic E-state index is 0.112. The van der Waals surface area contributed by atoms with Crippen LogP contribution in [-0.2, 0) is 0 Å². The average Bonchev–Trinajstić information content (AvgIpc) is 2.02. The van der Waals surface area contributed by atoms with Crippen LogP contribution in [0.4, 0.5) is 4.39 Å². The molecule has 0 spiro atoms. The van der Waals surface area contributed by atoms with Gasteiger partial charge in [-0.3, -0.25) is 4.79 Å². The van der Waals surface area contributed by atoms with Crippen LogP contribution >= 0.6 is 11.6 Å². The summed E-state index contributed by atoms with van der Waals surface area (Å²) in [6.45, 7) is 3.49. The first-order chi connectivity index (χ1) is 6.06. The zero-order valence-electron chi connectivity index (χ0n) is 7.53. The van der Waals surface area contributed by atoms with Gasteiger partial charge in [-0.1, -0.05) is 6.07 Å². The van der Waals surface area contributed by atoms with Crippen LogP contribution in [0.1, 0.15) is 21.5 Å². The lowest BCUT2D eigenvalue weighted by atomic mass is 10.0. The van der Waals surface area contributed by atoms with Gasteiger partial charge in [0.05, 0.1) is 11.4 Å². The lowest BCUT2D eigenvalue weighted by Crippen LogP contribution is -2.06. The normalized spacial score (nSPS) is 10.2. The van der Waals surface area contributed by atoms with Crippen molar-refractivity contribution >= 4 is 17.4 Å². The molecule has 0 atom stereocenters. The van der Waals surface area contributed by atoms with Crippen LogP contribution < -0.4 is 0 Å². The lowest BCUT2D eigenvalue weighted by Gasteiger charge is -2.05. The number of ketones is 1. The number of carbonyl (C=O) groups excluding carboxylic acids is 1. The fourth-order valence-corrected chi connectivity index (χ4v) is 1.47. The quantitative estimate of drug-likeness (QED) is 0.530. The molecular weight excluding hydrogens is 191 g/mol. The van der Waals surface area contributed by atoms with Crippen LogP contribution in [0, 0.1) is 19.7 Å². The third-order valence-corrected chi connectivity index (χ3v) is 2.07. The first kappa shape index (κ1) is 10.2. The van der Waals surface area contributed by atoms with Gasteiger partial charge >= 0.3 is 0 Å². The molecule has 70 valence electrons. The molecule has 0 amide bonds. The van der Waals surface area contributed by atoms with E-state index < -0.39 is 5.82 Å². The van der Waals surface area contributed by atoms with E-state index in [2.05, 4.69) is 0 Å². The fourth-order valence-electron chi connectivity index (χ4n) is 1.34. The maximum Gasteiger partial charge on any atom is 0.180 e. The van der Waals surface area contributed by atoms with Gasteiger partial charge in [0, 0.05) is 0 Å².